The van der Waals surface area contributed by atoms with E-state index >= 15 is 0 Å². The Morgan fingerprint density at radius 1 is 0.941 bits per heavy atom. The van der Waals surface area contributed by atoms with Gasteiger partial charge in [0.25, 0.3) is 0 Å². The van der Waals surface area contributed by atoms with Gasteiger partial charge < -0.3 is 8.83 Å². The predicted molar refractivity (Wildman–Crippen MR) is 68.5 cm³/mol. The van der Waals surface area contributed by atoms with Gasteiger partial charge in [-0.25, -0.2) is 0 Å². The molecular weight excluding hydrogens is 236 g/mol. The monoisotopic (exact) mass is 242 g/mol. The van der Waals surface area contributed by atoms with Crippen LogP contribution in [0.5, 0.6) is 0 Å². The first-order chi connectivity index (χ1) is 8.34. The van der Waals surface area contributed by atoms with E-state index in [-0.39, 0.29) is 0 Å². The lowest BCUT2D eigenvalue weighted by atomic mass is 10.1. The van der Waals surface area contributed by atoms with E-state index in [4.69, 9.17) is 20.4 Å². The van der Waals surface area contributed by atoms with E-state index in [9.17, 15) is 0 Å². The van der Waals surface area contributed by atoms with Crippen molar-refractivity contribution in [1.29, 1.82) is 0 Å². The summed E-state index contributed by atoms with van der Waals surface area (Å²) >= 11 is 6.21. The van der Waals surface area contributed by atoms with Crippen molar-refractivity contribution >= 4 is 44.5 Å². The van der Waals surface area contributed by atoms with Gasteiger partial charge in [-0.05, 0) is 12.1 Å². The molecule has 4 aromatic rings. The largest absolute Gasteiger partial charge is 0.464 e. The third-order valence-corrected chi connectivity index (χ3v) is 3.32. The normalized spacial score (nSPS) is 11.8. The molecule has 17 heavy (non-hydrogen) atoms. The molecule has 0 saturated carbocycles. The van der Waals surface area contributed by atoms with E-state index in [2.05, 4.69) is 0 Å². The number of rotatable bonds is 0. The van der Waals surface area contributed by atoms with Gasteiger partial charge in [-0.2, -0.15) is 0 Å². The quantitative estimate of drug-likeness (QED) is 0.434. The molecule has 3 heteroatoms. The molecule has 0 aliphatic heterocycles. The first-order valence-corrected chi connectivity index (χ1v) is 5.69. The number of furan rings is 2. The van der Waals surface area contributed by atoms with Crippen LogP contribution in [-0.2, 0) is 0 Å². The standard InChI is InChI=1S/C14H7ClO2/c15-10-7-12-9(5-6-16-12)13-8-3-1-2-4-11(8)17-14(10)13/h1-7H. The Hall–Kier alpha value is -1.93. The van der Waals surface area contributed by atoms with Crippen molar-refractivity contribution in [3.8, 4) is 0 Å². The van der Waals surface area contributed by atoms with Gasteiger partial charge in [0.2, 0.25) is 0 Å². The molecule has 2 heterocycles. The Morgan fingerprint density at radius 2 is 1.76 bits per heavy atom. The van der Waals surface area contributed by atoms with Gasteiger partial charge >= 0.3 is 0 Å². The van der Waals surface area contributed by atoms with Gasteiger partial charge in [-0.15, -0.1) is 0 Å². The molecule has 82 valence electrons. The van der Waals surface area contributed by atoms with Crippen LogP contribution in [0.15, 0.2) is 51.5 Å². The van der Waals surface area contributed by atoms with Crippen LogP contribution >= 0.6 is 11.6 Å². The summed E-state index contributed by atoms with van der Waals surface area (Å²) in [5, 5.41) is 3.71. The van der Waals surface area contributed by atoms with Crippen molar-refractivity contribution in [2.45, 2.75) is 0 Å². The minimum atomic E-state index is 0.582. The predicted octanol–water partition coefficient (Wildman–Crippen LogP) is 4.99. The third-order valence-electron chi connectivity index (χ3n) is 3.03. The summed E-state index contributed by atoms with van der Waals surface area (Å²) in [5.41, 5.74) is 2.36. The summed E-state index contributed by atoms with van der Waals surface area (Å²) in [6.07, 6.45) is 1.67. The van der Waals surface area contributed by atoms with Gasteiger partial charge in [0, 0.05) is 22.2 Å². The van der Waals surface area contributed by atoms with Gasteiger partial charge in [0.15, 0.2) is 5.58 Å². The van der Waals surface area contributed by atoms with Crippen molar-refractivity contribution in [1.82, 2.24) is 0 Å². The Balaban J connectivity index is 2.43. The summed E-state index contributed by atoms with van der Waals surface area (Å²) in [5.74, 6) is 0. The number of halogens is 1. The van der Waals surface area contributed by atoms with Crippen LogP contribution in [0.2, 0.25) is 5.02 Å². The zero-order valence-electron chi connectivity index (χ0n) is 8.74. The topological polar surface area (TPSA) is 26.3 Å². The Kier molecular flexibility index (Phi) is 1.64. The van der Waals surface area contributed by atoms with E-state index in [0.29, 0.717) is 5.02 Å². The second-order valence-corrected chi connectivity index (χ2v) is 4.40. The lowest BCUT2D eigenvalue weighted by Crippen LogP contribution is -1.70. The summed E-state index contributed by atoms with van der Waals surface area (Å²) in [7, 11) is 0. The maximum atomic E-state index is 6.21. The second kappa shape index (κ2) is 3.05. The Bertz CT molecular complexity index is 854. The van der Waals surface area contributed by atoms with Crippen LogP contribution in [0.25, 0.3) is 32.9 Å². The van der Waals surface area contributed by atoms with Crippen LogP contribution in [0.1, 0.15) is 0 Å². The van der Waals surface area contributed by atoms with Crippen LogP contribution in [0, 0.1) is 0 Å². The lowest BCUT2D eigenvalue weighted by Gasteiger charge is -1.94. The summed E-state index contributed by atoms with van der Waals surface area (Å²) < 4.78 is 11.2. The average Bonchev–Trinajstić information content (AvgIpc) is 2.91. The number of para-hydroxylation sites is 1. The average molecular weight is 243 g/mol. The molecule has 0 radical (unpaired) electrons. The Labute approximate surface area is 101 Å². The van der Waals surface area contributed by atoms with Gasteiger partial charge in [0.05, 0.1) is 11.3 Å². The fourth-order valence-corrected chi connectivity index (χ4v) is 2.53. The molecule has 0 unspecified atom stereocenters. The van der Waals surface area contributed by atoms with E-state index in [1.807, 2.05) is 30.3 Å². The minimum Gasteiger partial charge on any atom is -0.464 e. The van der Waals surface area contributed by atoms with Gasteiger partial charge in [0.1, 0.15) is 11.2 Å². The lowest BCUT2D eigenvalue weighted by molar-refractivity contribution is 0.615. The molecular formula is C14H7ClO2. The molecule has 2 nitrogen and oxygen atoms in total. The maximum Gasteiger partial charge on any atom is 0.154 e. The number of fused-ring (bicyclic) bond motifs is 5. The molecule has 2 aromatic heterocycles. The first-order valence-electron chi connectivity index (χ1n) is 5.31. The molecule has 0 atom stereocenters. The maximum absolute atomic E-state index is 6.21. The number of hydrogen-bond acceptors (Lipinski definition) is 2. The number of benzene rings is 2. The highest BCUT2D eigenvalue weighted by Crippen LogP contribution is 2.38. The smallest absolute Gasteiger partial charge is 0.154 e. The molecule has 0 spiro atoms. The van der Waals surface area contributed by atoms with Crippen LogP contribution in [0.4, 0.5) is 0 Å². The highest BCUT2D eigenvalue weighted by Gasteiger charge is 2.14. The molecule has 0 aliphatic rings. The molecule has 0 bridgehead atoms. The van der Waals surface area contributed by atoms with Crippen molar-refractivity contribution in [2.24, 2.45) is 0 Å². The summed E-state index contributed by atoms with van der Waals surface area (Å²) in [6.45, 7) is 0. The highest BCUT2D eigenvalue weighted by atomic mass is 35.5. The third kappa shape index (κ3) is 1.10. The highest BCUT2D eigenvalue weighted by molar-refractivity contribution is 6.38. The van der Waals surface area contributed by atoms with Crippen LogP contribution in [0.3, 0.4) is 0 Å². The van der Waals surface area contributed by atoms with Crippen molar-refractivity contribution in [3.63, 3.8) is 0 Å². The second-order valence-electron chi connectivity index (χ2n) is 3.99. The van der Waals surface area contributed by atoms with E-state index in [1.165, 1.54) is 0 Å². The van der Waals surface area contributed by atoms with Crippen molar-refractivity contribution in [3.05, 3.63) is 47.7 Å². The van der Waals surface area contributed by atoms with Crippen LogP contribution < -0.4 is 0 Å². The SMILES string of the molecule is Clc1cc2occc2c2c1oc1ccccc12. The van der Waals surface area contributed by atoms with Crippen molar-refractivity contribution < 1.29 is 8.83 Å². The Morgan fingerprint density at radius 3 is 2.71 bits per heavy atom. The zero-order chi connectivity index (χ0) is 11.4. The van der Waals surface area contributed by atoms with Gasteiger partial charge in [-0.3, -0.25) is 0 Å². The van der Waals surface area contributed by atoms with Crippen molar-refractivity contribution in [2.75, 3.05) is 0 Å². The van der Waals surface area contributed by atoms with Crippen LogP contribution in [-0.4, -0.2) is 0 Å². The zero-order valence-corrected chi connectivity index (χ0v) is 9.49. The molecule has 0 saturated heterocycles. The minimum absolute atomic E-state index is 0.582. The van der Waals surface area contributed by atoms with E-state index in [0.717, 1.165) is 32.9 Å². The summed E-state index contributed by atoms with van der Waals surface area (Å²) in [6, 6.07) is 11.6. The molecule has 2 aromatic carbocycles. The first kappa shape index (κ1) is 9.14. The molecule has 0 N–H and O–H groups in total. The fraction of sp³-hybridized carbons (Fsp3) is 0. The summed E-state index contributed by atoms with van der Waals surface area (Å²) in [4.78, 5) is 0. The van der Waals surface area contributed by atoms with E-state index in [1.54, 1.807) is 12.3 Å². The molecule has 4 rings (SSSR count). The fourth-order valence-electron chi connectivity index (χ4n) is 2.30. The van der Waals surface area contributed by atoms with E-state index < -0.39 is 0 Å². The van der Waals surface area contributed by atoms with Gasteiger partial charge in [-0.1, -0.05) is 29.8 Å². The molecule has 0 aliphatic carbocycles. The molecule has 0 fully saturated rings. The number of hydrogen-bond donors (Lipinski definition) is 0. The molecule has 0 amide bonds.